The molecule has 0 unspecified atom stereocenters. The summed E-state index contributed by atoms with van der Waals surface area (Å²) in [5, 5.41) is 0. The lowest BCUT2D eigenvalue weighted by atomic mass is 10.2. The lowest BCUT2D eigenvalue weighted by molar-refractivity contribution is 0.925. The first-order valence-electron chi connectivity index (χ1n) is 12.6. The summed E-state index contributed by atoms with van der Waals surface area (Å²) in [4.78, 5) is 0. The smallest absolute Gasteiger partial charge is 0.0106 e. The topological polar surface area (TPSA) is 9.86 Å². The summed E-state index contributed by atoms with van der Waals surface area (Å²) in [6.07, 6.45) is 25.1. The fourth-order valence-electron chi connectivity index (χ4n) is 3.78. The molecule has 0 radical (unpaired) electrons. The van der Waals surface area contributed by atoms with Crippen molar-refractivity contribution in [3.05, 3.63) is 118 Å². The van der Waals surface area contributed by atoms with Crippen LogP contribution < -0.4 is 0 Å². The van der Waals surface area contributed by atoms with E-state index in [-0.39, 0.29) is 0 Å². The van der Waals surface area contributed by atoms with Crippen LogP contribution in [-0.2, 0) is 14.1 Å². The van der Waals surface area contributed by atoms with Crippen molar-refractivity contribution < 1.29 is 0 Å². The molecule has 2 heterocycles. The minimum atomic E-state index is 1.17. The predicted molar refractivity (Wildman–Crippen MR) is 157 cm³/mol. The van der Waals surface area contributed by atoms with E-state index in [1.54, 1.807) is 0 Å². The van der Waals surface area contributed by atoms with Gasteiger partial charge in [0, 0.05) is 38.9 Å². The Kier molecular flexibility index (Phi) is 13.6. The van der Waals surface area contributed by atoms with Crippen molar-refractivity contribution in [1.29, 1.82) is 0 Å². The average molecular weight is 473 g/mol. The summed E-state index contributed by atoms with van der Waals surface area (Å²) in [5.41, 5.74) is 11.4. The van der Waals surface area contributed by atoms with Gasteiger partial charge in [0.05, 0.1) is 0 Å². The zero-order chi connectivity index (χ0) is 26.4. The fraction of sp³-hybridized carbons (Fsp3) is 0.394. The molecule has 0 saturated carbocycles. The van der Waals surface area contributed by atoms with Gasteiger partial charge < -0.3 is 9.13 Å². The highest BCUT2D eigenvalue weighted by atomic mass is 14.9. The van der Waals surface area contributed by atoms with Gasteiger partial charge in [0.2, 0.25) is 0 Å². The summed E-state index contributed by atoms with van der Waals surface area (Å²) in [6, 6.07) is 4.17. The molecular weight excluding hydrogens is 424 g/mol. The second kappa shape index (κ2) is 15.8. The maximum atomic E-state index is 2.25. The minimum Gasteiger partial charge on any atom is -0.357 e. The number of rotatable bonds is 0. The van der Waals surface area contributed by atoms with Gasteiger partial charge in [0.15, 0.2) is 0 Å². The number of aromatic nitrogens is 2. The molecule has 190 valence electrons. The van der Waals surface area contributed by atoms with E-state index in [1.807, 2.05) is 35.6 Å². The molecule has 5 rings (SSSR count). The van der Waals surface area contributed by atoms with E-state index >= 15 is 0 Å². The highest BCUT2D eigenvalue weighted by molar-refractivity contribution is 5.30. The van der Waals surface area contributed by atoms with Crippen LogP contribution in [0.1, 0.15) is 71.9 Å². The van der Waals surface area contributed by atoms with Crippen LogP contribution >= 0.6 is 0 Å². The van der Waals surface area contributed by atoms with Gasteiger partial charge in [0.25, 0.3) is 0 Å². The first-order chi connectivity index (χ1) is 16.4. The molecule has 2 heteroatoms. The maximum absolute atomic E-state index is 2.25. The van der Waals surface area contributed by atoms with Crippen LogP contribution in [0.5, 0.6) is 0 Å². The Morgan fingerprint density at radius 3 is 1.00 bits per heavy atom. The molecular formula is C33H48N2. The Hall–Kier alpha value is -3.00. The van der Waals surface area contributed by atoms with Crippen molar-refractivity contribution in [3.8, 4) is 0 Å². The molecule has 35 heavy (non-hydrogen) atoms. The first kappa shape index (κ1) is 30.0. The van der Waals surface area contributed by atoms with E-state index in [0.717, 1.165) is 0 Å². The van der Waals surface area contributed by atoms with Crippen LogP contribution in [0, 0.1) is 13.8 Å². The molecule has 0 N–H and O–H groups in total. The van der Waals surface area contributed by atoms with Crippen LogP contribution in [0.15, 0.2) is 107 Å². The van der Waals surface area contributed by atoms with Crippen molar-refractivity contribution in [1.82, 2.24) is 9.13 Å². The summed E-state index contributed by atoms with van der Waals surface area (Å²) in [7, 11) is 4.04. The first-order valence-corrected chi connectivity index (χ1v) is 12.6. The molecule has 0 aliphatic heterocycles. The highest BCUT2D eigenvalue weighted by Crippen LogP contribution is 2.16. The molecule has 2 aromatic rings. The van der Waals surface area contributed by atoms with Gasteiger partial charge in [-0.25, -0.2) is 0 Å². The van der Waals surface area contributed by atoms with Crippen molar-refractivity contribution in [2.75, 3.05) is 0 Å². The van der Waals surface area contributed by atoms with Gasteiger partial charge in [0.1, 0.15) is 0 Å². The molecule has 0 saturated heterocycles. The van der Waals surface area contributed by atoms with Crippen LogP contribution in [0.3, 0.4) is 0 Å². The number of allylic oxidation sites excluding steroid dienone is 12. The van der Waals surface area contributed by atoms with Crippen LogP contribution in [0.25, 0.3) is 0 Å². The van der Waals surface area contributed by atoms with Gasteiger partial charge in [-0.3, -0.25) is 0 Å². The fourth-order valence-corrected chi connectivity index (χ4v) is 3.78. The molecule has 0 bridgehead atoms. The third kappa shape index (κ3) is 14.8. The molecule has 0 fully saturated rings. The van der Waals surface area contributed by atoms with E-state index in [1.165, 1.54) is 63.8 Å². The second-order valence-corrected chi connectivity index (χ2v) is 10.2. The molecule has 0 spiro atoms. The number of hydrogen-bond donors (Lipinski definition) is 0. The molecule has 3 aliphatic rings. The summed E-state index contributed by atoms with van der Waals surface area (Å²) in [5.74, 6) is 0. The number of hydrogen-bond acceptors (Lipinski definition) is 0. The lowest BCUT2D eigenvalue weighted by Crippen LogP contribution is -1.76. The predicted octanol–water partition coefficient (Wildman–Crippen LogP) is 9.52. The van der Waals surface area contributed by atoms with Crippen LogP contribution in [0.4, 0.5) is 0 Å². The average Bonchev–Trinajstić information content (AvgIpc) is 3.59. The molecule has 0 atom stereocenters. The Balaban J connectivity index is 0.000000219. The second-order valence-electron chi connectivity index (χ2n) is 10.2. The largest absolute Gasteiger partial charge is 0.357 e. The summed E-state index contributed by atoms with van der Waals surface area (Å²) in [6.45, 7) is 17.1. The lowest BCUT2D eigenvalue weighted by Gasteiger charge is -1.87. The van der Waals surface area contributed by atoms with E-state index in [2.05, 4.69) is 116 Å². The van der Waals surface area contributed by atoms with Crippen molar-refractivity contribution in [2.24, 2.45) is 14.1 Å². The molecule has 0 amide bonds. The van der Waals surface area contributed by atoms with E-state index < -0.39 is 0 Å². The maximum Gasteiger partial charge on any atom is 0.0106 e. The monoisotopic (exact) mass is 472 g/mol. The van der Waals surface area contributed by atoms with Gasteiger partial charge in [-0.2, -0.15) is 0 Å². The third-order valence-corrected chi connectivity index (χ3v) is 5.61. The van der Waals surface area contributed by atoms with Crippen molar-refractivity contribution >= 4 is 0 Å². The Morgan fingerprint density at radius 2 is 0.914 bits per heavy atom. The number of nitrogens with zero attached hydrogens (tertiary/aromatic N) is 2. The molecule has 2 nitrogen and oxygen atoms in total. The summed E-state index contributed by atoms with van der Waals surface area (Å²) < 4.78 is 4.07. The highest BCUT2D eigenvalue weighted by Gasteiger charge is 1.96. The SMILES string of the molecule is CC1=CC=C(C)C1.CC1=CCC(C)=C1.CC1=CCC(C)=C1.Cc1ccn(C)c1.Cc1ccn(C)c1. The Bertz CT molecular complexity index is 982. The quantitative estimate of drug-likeness (QED) is 0.361. The molecule has 3 aliphatic carbocycles. The van der Waals surface area contributed by atoms with Crippen LogP contribution in [-0.4, -0.2) is 9.13 Å². The Labute approximate surface area is 215 Å². The standard InChI is InChI=1S/3C7H10.2C6H9N/c5*1-6-3-4-7(2)5-6/h2*3,5H,4H2,1-2H3;3-4H,5H2,1-2H3;2*3-5H,1-2H3. The molecule has 0 aromatic carbocycles. The minimum absolute atomic E-state index is 1.17. The third-order valence-electron chi connectivity index (χ3n) is 5.61. The van der Waals surface area contributed by atoms with Gasteiger partial charge in [-0.15, -0.1) is 0 Å². The van der Waals surface area contributed by atoms with Crippen molar-refractivity contribution in [3.63, 3.8) is 0 Å². The van der Waals surface area contributed by atoms with Gasteiger partial charge >= 0.3 is 0 Å². The zero-order valence-electron chi connectivity index (χ0n) is 23.9. The number of aryl methyl sites for hydroxylation is 4. The zero-order valence-corrected chi connectivity index (χ0v) is 23.9. The molecule has 2 aromatic heterocycles. The normalized spacial score (nSPS) is 15.3. The van der Waals surface area contributed by atoms with Crippen molar-refractivity contribution in [2.45, 2.75) is 74.7 Å². The van der Waals surface area contributed by atoms with E-state index in [0.29, 0.717) is 0 Å². The van der Waals surface area contributed by atoms with E-state index in [9.17, 15) is 0 Å². The summed E-state index contributed by atoms with van der Waals surface area (Å²) >= 11 is 0. The van der Waals surface area contributed by atoms with E-state index in [4.69, 9.17) is 0 Å². The van der Waals surface area contributed by atoms with Gasteiger partial charge in [-0.05, 0) is 97.9 Å². The Morgan fingerprint density at radius 1 is 0.543 bits per heavy atom. The van der Waals surface area contributed by atoms with Gasteiger partial charge in [-0.1, -0.05) is 69.9 Å². The van der Waals surface area contributed by atoms with Crippen LogP contribution in [0.2, 0.25) is 0 Å².